The van der Waals surface area contributed by atoms with E-state index in [9.17, 15) is 33.9 Å². The van der Waals surface area contributed by atoms with Crippen molar-refractivity contribution in [3.05, 3.63) is 36.0 Å². The molecule has 3 rings (SSSR count). The van der Waals surface area contributed by atoms with Crippen LogP contribution in [0.4, 0.5) is 0 Å². The molecule has 216 valence electrons. The third-order valence-corrected chi connectivity index (χ3v) is 6.81. The number of amides is 3. The molecule has 0 radical (unpaired) electrons. The Morgan fingerprint density at radius 2 is 1.57 bits per heavy atom. The van der Waals surface area contributed by atoms with Gasteiger partial charge in [0.2, 0.25) is 17.7 Å². The maximum atomic E-state index is 13.2. The zero-order chi connectivity index (χ0) is 29.4. The molecule has 4 unspecified atom stereocenters. The lowest BCUT2D eigenvalue weighted by molar-refractivity contribution is -0.150. The molecule has 1 saturated heterocycles. The summed E-state index contributed by atoms with van der Waals surface area (Å²) in [7, 11) is 0. The molecule has 1 fully saturated rings. The van der Waals surface area contributed by atoms with Crippen LogP contribution in [0.3, 0.4) is 0 Å². The number of hydrogen-bond donors (Lipinski definition) is 7. The fourth-order valence-corrected chi connectivity index (χ4v) is 4.73. The highest BCUT2D eigenvalue weighted by molar-refractivity contribution is 5.95. The molecule has 1 aliphatic heterocycles. The second-order valence-corrected chi connectivity index (χ2v) is 9.69. The Bertz CT molecular complexity index is 1280. The summed E-state index contributed by atoms with van der Waals surface area (Å²) in [6.45, 7) is 0.122. The van der Waals surface area contributed by atoms with Crippen LogP contribution < -0.4 is 16.4 Å². The van der Waals surface area contributed by atoms with Crippen molar-refractivity contribution < 1.29 is 44.1 Å². The van der Waals surface area contributed by atoms with E-state index in [1.54, 1.807) is 6.20 Å². The molecular formula is C26H33N5O9. The molecule has 14 heteroatoms. The number of aliphatic carboxylic acids is 3. The van der Waals surface area contributed by atoms with Crippen LogP contribution in [0.1, 0.15) is 44.1 Å². The molecule has 2 aromatic rings. The Kier molecular flexibility index (Phi) is 10.2. The number of hydrogen-bond acceptors (Lipinski definition) is 7. The van der Waals surface area contributed by atoms with Crippen LogP contribution in [-0.4, -0.2) is 91.5 Å². The highest BCUT2D eigenvalue weighted by atomic mass is 16.4. The van der Waals surface area contributed by atoms with Gasteiger partial charge in [0.15, 0.2) is 0 Å². The molecule has 1 aromatic carbocycles. The summed E-state index contributed by atoms with van der Waals surface area (Å²) in [5.41, 5.74) is 7.72. The van der Waals surface area contributed by atoms with Gasteiger partial charge in [-0.15, -0.1) is 0 Å². The zero-order valence-corrected chi connectivity index (χ0v) is 21.7. The lowest BCUT2D eigenvalue weighted by atomic mass is 10.0. The third-order valence-electron chi connectivity index (χ3n) is 6.81. The molecule has 1 aliphatic rings. The number of carbonyl (C=O) groups is 6. The minimum Gasteiger partial charge on any atom is -0.481 e. The number of aromatic nitrogens is 1. The van der Waals surface area contributed by atoms with Crippen molar-refractivity contribution in [1.29, 1.82) is 0 Å². The fourth-order valence-electron chi connectivity index (χ4n) is 4.73. The van der Waals surface area contributed by atoms with Gasteiger partial charge in [-0.3, -0.25) is 24.0 Å². The second kappa shape index (κ2) is 13.6. The molecule has 40 heavy (non-hydrogen) atoms. The molecule has 0 bridgehead atoms. The standard InChI is InChI=1S/C26H33N5O9/c27-16(12-14-13-28-17-5-2-1-4-15(14)17)23(36)29-18(7-9-21(32)33)24(37)30-19(8-10-22(34)35)25(38)31-11-3-6-20(31)26(39)40/h1-2,4-5,13,16,18-20,28H,3,6-12,27H2,(H,29,36)(H,30,37)(H,32,33)(H,34,35)(H,39,40). The number of aromatic amines is 1. The molecule has 2 heterocycles. The smallest absolute Gasteiger partial charge is 0.326 e. The van der Waals surface area contributed by atoms with Crippen molar-refractivity contribution in [3.63, 3.8) is 0 Å². The van der Waals surface area contributed by atoms with Crippen molar-refractivity contribution >= 4 is 46.5 Å². The molecule has 3 amide bonds. The number of H-pyrrole nitrogens is 1. The van der Waals surface area contributed by atoms with E-state index in [0.29, 0.717) is 6.42 Å². The number of para-hydroxylation sites is 1. The van der Waals surface area contributed by atoms with Gasteiger partial charge in [-0.25, -0.2) is 4.79 Å². The molecule has 0 saturated carbocycles. The van der Waals surface area contributed by atoms with Crippen LogP contribution in [0.25, 0.3) is 10.9 Å². The van der Waals surface area contributed by atoms with Crippen molar-refractivity contribution in [1.82, 2.24) is 20.5 Å². The largest absolute Gasteiger partial charge is 0.481 e. The first-order valence-electron chi connectivity index (χ1n) is 12.9. The summed E-state index contributed by atoms with van der Waals surface area (Å²) in [4.78, 5) is 77.4. The average Bonchev–Trinajstić information content (AvgIpc) is 3.56. The summed E-state index contributed by atoms with van der Waals surface area (Å²) < 4.78 is 0. The number of nitrogens with two attached hydrogens (primary N) is 1. The lowest BCUT2D eigenvalue weighted by Crippen LogP contribution is -2.57. The van der Waals surface area contributed by atoms with Crippen molar-refractivity contribution in [2.45, 2.75) is 69.1 Å². The highest BCUT2D eigenvalue weighted by Crippen LogP contribution is 2.21. The molecule has 0 aliphatic carbocycles. The summed E-state index contributed by atoms with van der Waals surface area (Å²) in [5, 5.41) is 33.4. The van der Waals surface area contributed by atoms with E-state index in [-0.39, 0.29) is 32.2 Å². The van der Waals surface area contributed by atoms with E-state index >= 15 is 0 Å². The van der Waals surface area contributed by atoms with Gasteiger partial charge in [-0.05, 0) is 43.7 Å². The summed E-state index contributed by atoms with van der Waals surface area (Å²) in [6.07, 6.45) is 0.833. The fraction of sp³-hybridized carbons (Fsp3) is 0.462. The molecule has 14 nitrogen and oxygen atoms in total. The number of benzene rings is 1. The monoisotopic (exact) mass is 559 g/mol. The number of nitrogens with one attached hydrogen (secondary N) is 3. The highest BCUT2D eigenvalue weighted by Gasteiger charge is 2.38. The minimum absolute atomic E-state index is 0.119. The molecule has 4 atom stereocenters. The van der Waals surface area contributed by atoms with Crippen LogP contribution in [0.2, 0.25) is 0 Å². The first-order chi connectivity index (χ1) is 19.0. The van der Waals surface area contributed by atoms with E-state index in [1.807, 2.05) is 24.3 Å². The van der Waals surface area contributed by atoms with Crippen LogP contribution >= 0.6 is 0 Å². The van der Waals surface area contributed by atoms with E-state index in [0.717, 1.165) is 21.4 Å². The Hall–Kier alpha value is -4.46. The lowest BCUT2D eigenvalue weighted by Gasteiger charge is -2.28. The van der Waals surface area contributed by atoms with Gasteiger partial charge in [-0.1, -0.05) is 18.2 Å². The van der Waals surface area contributed by atoms with Gasteiger partial charge >= 0.3 is 17.9 Å². The Morgan fingerprint density at radius 3 is 2.23 bits per heavy atom. The van der Waals surface area contributed by atoms with E-state index in [2.05, 4.69) is 15.6 Å². The first-order valence-corrected chi connectivity index (χ1v) is 12.9. The molecule has 8 N–H and O–H groups in total. The maximum absolute atomic E-state index is 13.2. The SMILES string of the molecule is NC(Cc1c[nH]c2ccccc12)C(=O)NC(CCC(=O)O)C(=O)NC(CCC(=O)O)C(=O)N1CCCC1C(=O)O. The topological polar surface area (TPSA) is 232 Å². The third kappa shape index (κ3) is 7.79. The van der Waals surface area contributed by atoms with E-state index in [4.69, 9.17) is 15.9 Å². The number of fused-ring (bicyclic) bond motifs is 1. The molecular weight excluding hydrogens is 526 g/mol. The van der Waals surface area contributed by atoms with E-state index < -0.39 is 72.6 Å². The summed E-state index contributed by atoms with van der Waals surface area (Å²) in [6, 6.07) is 2.41. The quantitative estimate of drug-likeness (QED) is 0.161. The minimum atomic E-state index is -1.40. The summed E-state index contributed by atoms with van der Waals surface area (Å²) in [5.74, 6) is -6.08. The van der Waals surface area contributed by atoms with Gasteiger partial charge in [0.1, 0.15) is 18.1 Å². The van der Waals surface area contributed by atoms with Crippen LogP contribution in [-0.2, 0) is 35.2 Å². The number of carboxylic acid groups (broad SMARTS) is 3. The normalized spacial score (nSPS) is 17.1. The Labute approximate surface area is 228 Å². The number of rotatable bonds is 14. The van der Waals surface area contributed by atoms with E-state index in [1.165, 1.54) is 0 Å². The zero-order valence-electron chi connectivity index (χ0n) is 21.7. The number of carboxylic acids is 3. The second-order valence-electron chi connectivity index (χ2n) is 9.69. The van der Waals surface area contributed by atoms with Crippen LogP contribution in [0.15, 0.2) is 30.5 Å². The van der Waals surface area contributed by atoms with Crippen molar-refractivity contribution in [3.8, 4) is 0 Å². The van der Waals surface area contributed by atoms with Gasteiger partial charge in [0, 0.05) is 36.5 Å². The first kappa shape index (κ1) is 30.1. The predicted molar refractivity (Wildman–Crippen MR) is 140 cm³/mol. The maximum Gasteiger partial charge on any atom is 0.326 e. The predicted octanol–water partition coefficient (Wildman–Crippen LogP) is -0.187. The number of likely N-dealkylation sites (tertiary alicyclic amines) is 1. The Balaban J connectivity index is 1.73. The van der Waals surface area contributed by atoms with Gasteiger partial charge in [0.25, 0.3) is 0 Å². The molecule has 1 aromatic heterocycles. The van der Waals surface area contributed by atoms with Crippen LogP contribution in [0, 0.1) is 0 Å². The Morgan fingerprint density at radius 1 is 0.950 bits per heavy atom. The number of carbonyl (C=O) groups excluding carboxylic acids is 3. The summed E-state index contributed by atoms with van der Waals surface area (Å²) >= 11 is 0. The number of nitrogens with zero attached hydrogens (tertiary/aromatic N) is 1. The van der Waals surface area contributed by atoms with Crippen molar-refractivity contribution in [2.24, 2.45) is 5.73 Å². The average molecular weight is 560 g/mol. The van der Waals surface area contributed by atoms with Gasteiger partial charge in [0.05, 0.1) is 6.04 Å². The van der Waals surface area contributed by atoms with Gasteiger partial charge < -0.3 is 41.6 Å². The van der Waals surface area contributed by atoms with Crippen LogP contribution in [0.5, 0.6) is 0 Å². The molecule has 0 spiro atoms. The van der Waals surface area contributed by atoms with Gasteiger partial charge in [-0.2, -0.15) is 0 Å². The van der Waals surface area contributed by atoms with Crippen molar-refractivity contribution in [2.75, 3.05) is 6.54 Å².